The van der Waals surface area contributed by atoms with Crippen molar-refractivity contribution in [1.29, 1.82) is 0 Å². The number of nitrogens with one attached hydrogen (secondary N) is 1. The van der Waals surface area contributed by atoms with Gasteiger partial charge in [-0.05, 0) is 54.1 Å². The lowest BCUT2D eigenvalue weighted by Gasteiger charge is -2.52. The molecule has 0 aromatic rings. The molecule has 2 rings (SSSR count). The Hall–Kier alpha value is -0.610. The number of rotatable bonds is 2. The van der Waals surface area contributed by atoms with E-state index in [-0.39, 0.29) is 17.0 Å². The molecule has 0 spiro atoms. The average Bonchev–Trinajstić information content (AvgIpc) is 2.46. The highest BCUT2D eigenvalue weighted by Gasteiger charge is 2.46. The minimum atomic E-state index is -0.378. The van der Waals surface area contributed by atoms with Crippen molar-refractivity contribution >= 4 is 5.91 Å². The van der Waals surface area contributed by atoms with Crippen molar-refractivity contribution in [2.75, 3.05) is 27.2 Å². The molecular formula is C18H37N3O. The third-order valence-corrected chi connectivity index (χ3v) is 5.34. The third-order valence-electron chi connectivity index (χ3n) is 5.34. The second-order valence-electron chi connectivity index (χ2n) is 7.98. The van der Waals surface area contributed by atoms with Crippen LogP contribution in [-0.2, 0) is 4.79 Å². The van der Waals surface area contributed by atoms with Crippen molar-refractivity contribution < 1.29 is 4.79 Å². The third kappa shape index (κ3) is 4.69. The highest BCUT2D eigenvalue weighted by atomic mass is 16.2. The molecule has 1 saturated carbocycles. The predicted molar refractivity (Wildman–Crippen MR) is 94.1 cm³/mol. The Labute approximate surface area is 137 Å². The summed E-state index contributed by atoms with van der Waals surface area (Å²) in [5.74, 6) is 0.203. The van der Waals surface area contributed by atoms with Crippen molar-refractivity contribution in [3.05, 3.63) is 0 Å². The van der Waals surface area contributed by atoms with Crippen molar-refractivity contribution in [3.63, 3.8) is 0 Å². The minimum absolute atomic E-state index is 0.0617. The molecule has 0 bridgehead atoms. The van der Waals surface area contributed by atoms with Crippen LogP contribution in [-0.4, -0.2) is 60.0 Å². The van der Waals surface area contributed by atoms with E-state index in [9.17, 15) is 4.79 Å². The molecule has 0 aromatic heterocycles. The maximum absolute atomic E-state index is 11.8. The quantitative estimate of drug-likeness (QED) is 0.852. The summed E-state index contributed by atoms with van der Waals surface area (Å²) in [5, 5.41) is 3.48. The molecule has 22 heavy (non-hydrogen) atoms. The number of piperazine rings is 1. The van der Waals surface area contributed by atoms with Crippen LogP contribution in [0.5, 0.6) is 0 Å². The normalized spacial score (nSPS) is 25.6. The van der Waals surface area contributed by atoms with Crippen molar-refractivity contribution in [3.8, 4) is 0 Å². The number of hydrogen-bond acceptors (Lipinski definition) is 3. The standard InChI is InChI=1S/C10H20N2O.C8H17N/c1-9(2)7-11(5)8(13)10(3,4)12(9)6;1-2-9-8-6-4-3-5-7-8/h7H2,1-6H3;8-9H,2-7H2,1H3. The summed E-state index contributed by atoms with van der Waals surface area (Å²) in [6.07, 6.45) is 7.17. The first-order valence-corrected chi connectivity index (χ1v) is 8.85. The average molecular weight is 312 g/mol. The van der Waals surface area contributed by atoms with Crippen LogP contribution in [0.25, 0.3) is 0 Å². The number of nitrogens with zero attached hydrogens (tertiary/aromatic N) is 2. The van der Waals surface area contributed by atoms with Gasteiger partial charge in [-0.2, -0.15) is 0 Å². The molecule has 1 aliphatic heterocycles. The summed E-state index contributed by atoms with van der Waals surface area (Å²) in [6, 6.07) is 0.851. The van der Waals surface area contributed by atoms with Gasteiger partial charge in [0.2, 0.25) is 5.91 Å². The number of amides is 1. The van der Waals surface area contributed by atoms with Crippen LogP contribution in [0.2, 0.25) is 0 Å². The topological polar surface area (TPSA) is 35.6 Å². The van der Waals surface area contributed by atoms with Crippen molar-refractivity contribution in [2.24, 2.45) is 0 Å². The van der Waals surface area contributed by atoms with Crippen LogP contribution >= 0.6 is 0 Å². The van der Waals surface area contributed by atoms with Gasteiger partial charge in [0.1, 0.15) is 0 Å². The Balaban J connectivity index is 0.000000235. The van der Waals surface area contributed by atoms with Crippen LogP contribution in [0.15, 0.2) is 0 Å². The Kier molecular flexibility index (Phi) is 6.87. The zero-order chi connectivity index (χ0) is 17.0. The highest BCUT2D eigenvalue weighted by Crippen LogP contribution is 2.30. The van der Waals surface area contributed by atoms with Gasteiger partial charge in [0.15, 0.2) is 0 Å². The molecule has 2 fully saturated rings. The highest BCUT2D eigenvalue weighted by molar-refractivity contribution is 5.86. The number of hydrogen-bond donors (Lipinski definition) is 1. The summed E-state index contributed by atoms with van der Waals surface area (Å²) in [4.78, 5) is 15.8. The van der Waals surface area contributed by atoms with E-state index in [0.717, 1.165) is 19.1 Å². The number of carbonyl (C=O) groups is 1. The van der Waals surface area contributed by atoms with Gasteiger partial charge in [0.25, 0.3) is 0 Å². The lowest BCUT2D eigenvalue weighted by atomic mass is 9.88. The molecule has 1 saturated heterocycles. The largest absolute Gasteiger partial charge is 0.342 e. The summed E-state index contributed by atoms with van der Waals surface area (Å²) >= 11 is 0. The van der Waals surface area contributed by atoms with Crippen LogP contribution in [0, 0.1) is 0 Å². The summed E-state index contributed by atoms with van der Waals surface area (Å²) in [7, 11) is 3.89. The van der Waals surface area contributed by atoms with E-state index < -0.39 is 0 Å². The molecule has 1 amide bonds. The molecule has 130 valence electrons. The van der Waals surface area contributed by atoms with Crippen molar-refractivity contribution in [2.45, 2.75) is 83.8 Å². The van der Waals surface area contributed by atoms with E-state index in [0.29, 0.717) is 0 Å². The first-order chi connectivity index (χ1) is 10.1. The van der Waals surface area contributed by atoms with Gasteiger partial charge >= 0.3 is 0 Å². The Bertz CT molecular complexity index is 357. The summed E-state index contributed by atoms with van der Waals surface area (Å²) in [5.41, 5.74) is -0.317. The van der Waals surface area contributed by atoms with Gasteiger partial charge in [0.05, 0.1) is 5.54 Å². The molecule has 2 aliphatic rings. The van der Waals surface area contributed by atoms with Gasteiger partial charge in [-0.25, -0.2) is 0 Å². The number of likely N-dealkylation sites (N-methyl/N-ethyl adjacent to an activating group) is 2. The maximum Gasteiger partial charge on any atom is 0.242 e. The Morgan fingerprint density at radius 2 is 1.64 bits per heavy atom. The summed E-state index contributed by atoms with van der Waals surface area (Å²) in [6.45, 7) is 12.4. The zero-order valence-corrected chi connectivity index (χ0v) is 15.8. The number of carbonyl (C=O) groups excluding carboxylic acids is 1. The van der Waals surface area contributed by atoms with E-state index in [2.05, 4.69) is 31.0 Å². The molecule has 0 aromatic carbocycles. The van der Waals surface area contributed by atoms with E-state index in [1.165, 1.54) is 32.1 Å². The smallest absolute Gasteiger partial charge is 0.242 e. The monoisotopic (exact) mass is 311 g/mol. The van der Waals surface area contributed by atoms with Gasteiger partial charge in [-0.3, -0.25) is 9.69 Å². The van der Waals surface area contributed by atoms with Gasteiger partial charge in [-0.1, -0.05) is 26.2 Å². The molecule has 0 radical (unpaired) electrons. The zero-order valence-electron chi connectivity index (χ0n) is 15.8. The van der Waals surface area contributed by atoms with E-state index in [1.54, 1.807) is 0 Å². The maximum atomic E-state index is 11.8. The van der Waals surface area contributed by atoms with Gasteiger partial charge in [0, 0.05) is 25.2 Å². The molecular weight excluding hydrogens is 274 g/mol. The van der Waals surface area contributed by atoms with Crippen LogP contribution in [0.3, 0.4) is 0 Å². The Morgan fingerprint density at radius 1 is 1.09 bits per heavy atom. The minimum Gasteiger partial charge on any atom is -0.342 e. The van der Waals surface area contributed by atoms with E-state index in [1.807, 2.05) is 32.8 Å². The fourth-order valence-electron chi connectivity index (χ4n) is 3.72. The molecule has 1 N–H and O–H groups in total. The predicted octanol–water partition coefficient (Wildman–Crippen LogP) is 2.88. The second kappa shape index (κ2) is 7.78. The van der Waals surface area contributed by atoms with Crippen LogP contribution in [0.1, 0.15) is 66.7 Å². The summed E-state index contributed by atoms with van der Waals surface area (Å²) < 4.78 is 0. The molecule has 0 atom stereocenters. The molecule has 4 heteroatoms. The lowest BCUT2D eigenvalue weighted by Crippen LogP contribution is -2.69. The first-order valence-electron chi connectivity index (χ1n) is 8.85. The molecule has 1 aliphatic carbocycles. The van der Waals surface area contributed by atoms with Gasteiger partial charge < -0.3 is 10.2 Å². The lowest BCUT2D eigenvalue weighted by molar-refractivity contribution is -0.155. The fourth-order valence-corrected chi connectivity index (χ4v) is 3.72. The first kappa shape index (κ1) is 19.4. The van der Waals surface area contributed by atoms with Crippen LogP contribution < -0.4 is 5.32 Å². The van der Waals surface area contributed by atoms with Crippen molar-refractivity contribution in [1.82, 2.24) is 15.1 Å². The van der Waals surface area contributed by atoms with E-state index in [4.69, 9.17) is 0 Å². The SMILES string of the molecule is CCNC1CCCCC1.CN1CC(C)(C)N(C)C(C)(C)C1=O. The second-order valence-corrected chi connectivity index (χ2v) is 7.98. The fraction of sp³-hybridized carbons (Fsp3) is 0.944. The molecule has 0 unspecified atom stereocenters. The van der Waals surface area contributed by atoms with Gasteiger partial charge in [-0.15, -0.1) is 0 Å². The van der Waals surface area contributed by atoms with E-state index >= 15 is 0 Å². The molecule has 1 heterocycles. The molecule has 4 nitrogen and oxygen atoms in total. The Morgan fingerprint density at radius 3 is 2.14 bits per heavy atom. The van der Waals surface area contributed by atoms with Crippen LogP contribution in [0.4, 0.5) is 0 Å².